The highest BCUT2D eigenvalue weighted by Gasteiger charge is 2.31. The Morgan fingerprint density at radius 3 is 2.96 bits per heavy atom. The quantitative estimate of drug-likeness (QED) is 0.788. The highest BCUT2D eigenvalue weighted by atomic mass is 19.1. The van der Waals surface area contributed by atoms with Crippen molar-refractivity contribution in [3.8, 4) is 11.1 Å². The van der Waals surface area contributed by atoms with Gasteiger partial charge in [0, 0.05) is 23.3 Å². The average molecular weight is 325 g/mol. The number of cyclic esters (lactones) is 1. The lowest BCUT2D eigenvalue weighted by atomic mass is 10.0. The maximum absolute atomic E-state index is 14.7. The summed E-state index contributed by atoms with van der Waals surface area (Å²) in [6, 6.07) is 8.48. The van der Waals surface area contributed by atoms with Gasteiger partial charge in [-0.15, -0.1) is 0 Å². The lowest BCUT2D eigenvalue weighted by Crippen LogP contribution is -2.24. The number of amides is 1. The van der Waals surface area contributed by atoms with E-state index in [1.54, 1.807) is 30.6 Å². The molecule has 1 N–H and O–H groups in total. The molecular weight excluding hydrogens is 309 g/mol. The van der Waals surface area contributed by atoms with Gasteiger partial charge in [0.05, 0.1) is 12.2 Å². The van der Waals surface area contributed by atoms with Crippen molar-refractivity contribution >= 4 is 22.8 Å². The molecule has 5 nitrogen and oxygen atoms in total. The van der Waals surface area contributed by atoms with Crippen LogP contribution in [0.3, 0.4) is 0 Å². The topological polar surface area (TPSA) is 58.2 Å². The van der Waals surface area contributed by atoms with E-state index in [2.05, 4.69) is 9.97 Å². The Hall–Kier alpha value is -2.89. The van der Waals surface area contributed by atoms with Crippen LogP contribution in [-0.4, -0.2) is 28.7 Å². The number of ether oxygens (including phenoxy) is 1. The normalized spacial score (nSPS) is 17.5. The van der Waals surface area contributed by atoms with Crippen LogP contribution in [0.15, 0.2) is 42.7 Å². The second-order valence-electron chi connectivity index (χ2n) is 5.79. The molecule has 0 spiro atoms. The first-order chi connectivity index (χ1) is 11.7. The van der Waals surface area contributed by atoms with Crippen LogP contribution in [0.2, 0.25) is 0 Å². The number of benzene rings is 1. The van der Waals surface area contributed by atoms with Crippen molar-refractivity contribution in [2.45, 2.75) is 19.4 Å². The molecule has 6 heteroatoms. The number of H-pyrrole nitrogens is 1. The Morgan fingerprint density at radius 1 is 1.33 bits per heavy atom. The average Bonchev–Trinajstić information content (AvgIpc) is 3.20. The third-order valence-corrected chi connectivity index (χ3v) is 4.34. The molecule has 1 saturated heterocycles. The van der Waals surface area contributed by atoms with Gasteiger partial charge < -0.3 is 9.72 Å². The molecule has 122 valence electrons. The van der Waals surface area contributed by atoms with E-state index in [0.717, 1.165) is 17.4 Å². The molecule has 0 aliphatic carbocycles. The first kappa shape index (κ1) is 14.7. The minimum absolute atomic E-state index is 0.139. The number of pyridine rings is 1. The van der Waals surface area contributed by atoms with Crippen molar-refractivity contribution in [3.63, 3.8) is 0 Å². The second-order valence-corrected chi connectivity index (χ2v) is 5.79. The molecule has 1 atom stereocenters. The predicted molar refractivity (Wildman–Crippen MR) is 89.4 cm³/mol. The minimum Gasteiger partial charge on any atom is -0.444 e. The Kier molecular flexibility index (Phi) is 3.45. The fourth-order valence-corrected chi connectivity index (χ4v) is 3.03. The van der Waals surface area contributed by atoms with E-state index in [9.17, 15) is 9.18 Å². The zero-order chi connectivity index (χ0) is 16.7. The van der Waals surface area contributed by atoms with E-state index in [-0.39, 0.29) is 11.9 Å². The van der Waals surface area contributed by atoms with E-state index in [0.29, 0.717) is 23.4 Å². The number of nitrogens with one attached hydrogen (secondary N) is 1. The number of hydrogen-bond acceptors (Lipinski definition) is 3. The van der Waals surface area contributed by atoms with Crippen molar-refractivity contribution in [2.24, 2.45) is 0 Å². The smallest absolute Gasteiger partial charge is 0.414 e. The van der Waals surface area contributed by atoms with Crippen molar-refractivity contribution in [1.82, 2.24) is 9.97 Å². The number of aromatic nitrogens is 2. The molecule has 0 radical (unpaired) electrons. The molecule has 0 saturated carbocycles. The van der Waals surface area contributed by atoms with Crippen LogP contribution in [0, 0.1) is 5.82 Å². The maximum atomic E-state index is 14.7. The fourth-order valence-electron chi connectivity index (χ4n) is 3.03. The van der Waals surface area contributed by atoms with Crippen molar-refractivity contribution in [1.29, 1.82) is 0 Å². The van der Waals surface area contributed by atoms with Crippen LogP contribution in [0.1, 0.15) is 13.3 Å². The van der Waals surface area contributed by atoms with E-state index >= 15 is 0 Å². The molecule has 3 aromatic rings. The summed E-state index contributed by atoms with van der Waals surface area (Å²) in [7, 11) is 0. The van der Waals surface area contributed by atoms with Crippen LogP contribution >= 0.6 is 0 Å². The monoisotopic (exact) mass is 325 g/mol. The highest BCUT2D eigenvalue weighted by Crippen LogP contribution is 2.32. The highest BCUT2D eigenvalue weighted by molar-refractivity contribution is 5.94. The molecule has 1 aliphatic rings. The fraction of sp³-hybridized carbons (Fsp3) is 0.222. The summed E-state index contributed by atoms with van der Waals surface area (Å²) >= 11 is 0. The third-order valence-electron chi connectivity index (χ3n) is 4.34. The van der Waals surface area contributed by atoms with E-state index in [1.165, 1.54) is 11.0 Å². The third kappa shape index (κ3) is 2.31. The molecule has 1 aliphatic heterocycles. The SMILES string of the molecule is CCC1CN(c2ccc(-c3ccnc4[nH]ccc34)c(F)c2)C(=O)O1. The van der Waals surface area contributed by atoms with Crippen molar-refractivity contribution < 1.29 is 13.9 Å². The van der Waals surface area contributed by atoms with Gasteiger partial charge in [0.15, 0.2) is 0 Å². The molecular formula is C18H16FN3O2. The van der Waals surface area contributed by atoms with E-state index in [4.69, 9.17) is 4.74 Å². The van der Waals surface area contributed by atoms with Gasteiger partial charge in [-0.1, -0.05) is 6.92 Å². The van der Waals surface area contributed by atoms with Gasteiger partial charge in [0.2, 0.25) is 0 Å². The second kappa shape index (κ2) is 5.63. The Bertz CT molecular complexity index is 922. The van der Waals surface area contributed by atoms with Crippen LogP contribution in [0.5, 0.6) is 0 Å². The Labute approximate surface area is 138 Å². The summed E-state index contributed by atoms with van der Waals surface area (Å²) in [5, 5.41) is 0.857. The standard InChI is InChI=1S/C18H16FN3O2/c1-2-12-10-22(18(23)24-12)11-3-4-14(16(19)9-11)13-5-7-20-17-15(13)6-8-21-17/h3-9,12H,2,10H2,1H3,(H,20,21). The number of hydrogen-bond donors (Lipinski definition) is 1. The van der Waals surface area contributed by atoms with Gasteiger partial charge in [-0.05, 0) is 42.3 Å². The first-order valence-corrected chi connectivity index (χ1v) is 7.87. The molecule has 0 bridgehead atoms. The number of fused-ring (bicyclic) bond motifs is 1. The van der Waals surface area contributed by atoms with Gasteiger partial charge in [0.1, 0.15) is 17.6 Å². The van der Waals surface area contributed by atoms with E-state index in [1.807, 2.05) is 13.0 Å². The van der Waals surface area contributed by atoms with Crippen molar-refractivity contribution in [2.75, 3.05) is 11.4 Å². The first-order valence-electron chi connectivity index (χ1n) is 7.87. The number of aromatic amines is 1. The van der Waals surface area contributed by atoms with Crippen LogP contribution in [0.25, 0.3) is 22.2 Å². The van der Waals surface area contributed by atoms with Gasteiger partial charge in [-0.3, -0.25) is 4.90 Å². The maximum Gasteiger partial charge on any atom is 0.414 e. The minimum atomic E-state index is -0.425. The summed E-state index contributed by atoms with van der Waals surface area (Å²) in [4.78, 5) is 20.6. The lowest BCUT2D eigenvalue weighted by molar-refractivity contribution is 0.139. The number of carbonyl (C=O) groups is 1. The number of anilines is 1. The number of nitrogens with zero attached hydrogens (tertiary/aromatic N) is 2. The number of carbonyl (C=O) groups excluding carboxylic acids is 1. The molecule has 1 amide bonds. The number of rotatable bonds is 3. The molecule has 24 heavy (non-hydrogen) atoms. The largest absolute Gasteiger partial charge is 0.444 e. The van der Waals surface area contributed by atoms with Gasteiger partial charge in [0.25, 0.3) is 0 Å². The van der Waals surface area contributed by atoms with Crippen LogP contribution in [0.4, 0.5) is 14.9 Å². The Balaban J connectivity index is 1.73. The molecule has 1 unspecified atom stereocenters. The van der Waals surface area contributed by atoms with Gasteiger partial charge >= 0.3 is 6.09 Å². The summed E-state index contributed by atoms with van der Waals surface area (Å²) in [5.41, 5.74) is 2.47. The molecule has 1 aromatic carbocycles. The summed E-state index contributed by atoms with van der Waals surface area (Å²) < 4.78 is 20.0. The van der Waals surface area contributed by atoms with Crippen LogP contribution < -0.4 is 4.90 Å². The van der Waals surface area contributed by atoms with Crippen molar-refractivity contribution in [3.05, 3.63) is 48.5 Å². The predicted octanol–water partition coefficient (Wildman–Crippen LogP) is 4.10. The summed E-state index contributed by atoms with van der Waals surface area (Å²) in [6.07, 6.45) is 3.60. The van der Waals surface area contributed by atoms with E-state index < -0.39 is 6.09 Å². The van der Waals surface area contributed by atoms with Crippen LogP contribution in [-0.2, 0) is 4.74 Å². The number of halogens is 1. The molecule has 4 rings (SSSR count). The lowest BCUT2D eigenvalue weighted by Gasteiger charge is -2.14. The molecule has 2 aromatic heterocycles. The Morgan fingerprint density at radius 2 is 2.21 bits per heavy atom. The molecule has 1 fully saturated rings. The zero-order valence-electron chi connectivity index (χ0n) is 13.1. The van der Waals surface area contributed by atoms with Gasteiger partial charge in [-0.25, -0.2) is 14.2 Å². The molecule has 3 heterocycles. The summed E-state index contributed by atoms with van der Waals surface area (Å²) in [6.45, 7) is 2.40. The van der Waals surface area contributed by atoms with Gasteiger partial charge in [-0.2, -0.15) is 0 Å². The zero-order valence-corrected chi connectivity index (χ0v) is 13.1. The summed E-state index contributed by atoms with van der Waals surface area (Å²) in [5.74, 6) is -0.381.